The molecule has 0 radical (unpaired) electrons. The van der Waals surface area contributed by atoms with Crippen molar-refractivity contribution in [2.24, 2.45) is 0 Å². The van der Waals surface area contributed by atoms with Crippen LogP contribution in [0.25, 0.3) is 11.0 Å². The van der Waals surface area contributed by atoms with Gasteiger partial charge >= 0.3 is 0 Å². The summed E-state index contributed by atoms with van der Waals surface area (Å²) in [5.74, 6) is 0.661. The number of aryl methyl sites for hydroxylation is 1. The fraction of sp³-hybridized carbons (Fsp3) is 0.267. The molecule has 0 saturated carbocycles. The standard InChI is InChI=1S/C15H17N5S/c1-3-7-16-14-17-8-6-13(20-14)21-15-18-11-5-4-10(2)9-12(11)19-15/h4-6,8-9H,3,7H2,1-2H3,(H,18,19)(H,16,17,20). The Morgan fingerprint density at radius 1 is 1.24 bits per heavy atom. The van der Waals surface area contributed by atoms with E-state index in [9.17, 15) is 0 Å². The second kappa shape index (κ2) is 6.13. The Balaban J connectivity index is 1.81. The Kier molecular flexibility index (Phi) is 4.06. The molecule has 1 aromatic carbocycles. The number of imidazole rings is 1. The zero-order valence-electron chi connectivity index (χ0n) is 12.1. The topological polar surface area (TPSA) is 66.5 Å². The summed E-state index contributed by atoms with van der Waals surface area (Å²) in [6.45, 7) is 5.06. The molecule has 0 fully saturated rings. The van der Waals surface area contributed by atoms with Crippen LogP contribution < -0.4 is 5.32 Å². The lowest BCUT2D eigenvalue weighted by molar-refractivity contribution is 0.933. The highest BCUT2D eigenvalue weighted by molar-refractivity contribution is 7.99. The summed E-state index contributed by atoms with van der Waals surface area (Å²) < 4.78 is 0. The van der Waals surface area contributed by atoms with Gasteiger partial charge in [0.15, 0.2) is 5.16 Å². The lowest BCUT2D eigenvalue weighted by atomic mass is 10.2. The van der Waals surface area contributed by atoms with E-state index in [4.69, 9.17) is 0 Å². The minimum Gasteiger partial charge on any atom is -0.354 e. The Labute approximate surface area is 127 Å². The van der Waals surface area contributed by atoms with Gasteiger partial charge in [-0.25, -0.2) is 15.0 Å². The van der Waals surface area contributed by atoms with Gasteiger partial charge in [-0.2, -0.15) is 0 Å². The summed E-state index contributed by atoms with van der Waals surface area (Å²) in [6, 6.07) is 8.08. The molecule has 0 aliphatic rings. The minimum absolute atomic E-state index is 0.661. The van der Waals surface area contributed by atoms with E-state index in [1.54, 1.807) is 6.20 Å². The van der Waals surface area contributed by atoms with E-state index in [0.29, 0.717) is 5.95 Å². The highest BCUT2D eigenvalue weighted by atomic mass is 32.2. The second-order valence-electron chi connectivity index (χ2n) is 4.81. The third-order valence-corrected chi connectivity index (χ3v) is 3.80. The van der Waals surface area contributed by atoms with E-state index in [1.165, 1.54) is 17.3 Å². The predicted molar refractivity (Wildman–Crippen MR) is 85.8 cm³/mol. The van der Waals surface area contributed by atoms with Crippen molar-refractivity contribution in [1.82, 2.24) is 19.9 Å². The van der Waals surface area contributed by atoms with Gasteiger partial charge in [0, 0.05) is 12.7 Å². The molecule has 0 aliphatic carbocycles. The van der Waals surface area contributed by atoms with Crippen molar-refractivity contribution in [1.29, 1.82) is 0 Å². The van der Waals surface area contributed by atoms with Gasteiger partial charge in [-0.3, -0.25) is 0 Å². The highest BCUT2D eigenvalue weighted by Crippen LogP contribution is 2.26. The molecule has 108 valence electrons. The van der Waals surface area contributed by atoms with Crippen LogP contribution in [0.2, 0.25) is 0 Å². The number of aromatic amines is 1. The van der Waals surface area contributed by atoms with Crippen LogP contribution >= 0.6 is 11.8 Å². The van der Waals surface area contributed by atoms with Gasteiger partial charge in [-0.1, -0.05) is 13.0 Å². The van der Waals surface area contributed by atoms with Crippen molar-refractivity contribution in [3.8, 4) is 0 Å². The zero-order valence-corrected chi connectivity index (χ0v) is 12.9. The molecule has 0 spiro atoms. The Hall–Kier alpha value is -2.08. The molecule has 2 N–H and O–H groups in total. The van der Waals surface area contributed by atoms with E-state index in [-0.39, 0.29) is 0 Å². The number of benzene rings is 1. The molecule has 5 nitrogen and oxygen atoms in total. The summed E-state index contributed by atoms with van der Waals surface area (Å²) >= 11 is 1.51. The quantitative estimate of drug-likeness (QED) is 0.704. The van der Waals surface area contributed by atoms with Crippen molar-refractivity contribution in [2.45, 2.75) is 30.5 Å². The number of hydrogen-bond acceptors (Lipinski definition) is 5. The number of anilines is 1. The molecule has 2 aromatic heterocycles. The summed E-state index contributed by atoms with van der Waals surface area (Å²) in [7, 11) is 0. The molecule has 21 heavy (non-hydrogen) atoms. The maximum absolute atomic E-state index is 4.57. The third-order valence-electron chi connectivity index (χ3n) is 2.98. The maximum atomic E-state index is 4.57. The molecular weight excluding hydrogens is 282 g/mol. The summed E-state index contributed by atoms with van der Waals surface area (Å²) in [4.78, 5) is 16.6. The van der Waals surface area contributed by atoms with Crippen molar-refractivity contribution in [2.75, 3.05) is 11.9 Å². The molecular formula is C15H17N5S. The van der Waals surface area contributed by atoms with E-state index >= 15 is 0 Å². The zero-order chi connectivity index (χ0) is 14.7. The number of hydrogen-bond donors (Lipinski definition) is 2. The predicted octanol–water partition coefficient (Wildman–Crippen LogP) is 3.63. The van der Waals surface area contributed by atoms with Crippen LogP contribution in [0.3, 0.4) is 0 Å². The second-order valence-corrected chi connectivity index (χ2v) is 5.82. The number of nitrogens with zero attached hydrogens (tertiary/aromatic N) is 3. The van der Waals surface area contributed by atoms with Gasteiger partial charge in [-0.15, -0.1) is 0 Å². The van der Waals surface area contributed by atoms with E-state index in [0.717, 1.165) is 34.2 Å². The van der Waals surface area contributed by atoms with Gasteiger partial charge in [0.25, 0.3) is 0 Å². The highest BCUT2D eigenvalue weighted by Gasteiger charge is 2.06. The van der Waals surface area contributed by atoms with E-state index in [1.807, 2.05) is 12.1 Å². The average Bonchev–Trinajstić information content (AvgIpc) is 2.86. The van der Waals surface area contributed by atoms with E-state index < -0.39 is 0 Å². The normalized spacial score (nSPS) is 11.0. The summed E-state index contributed by atoms with van der Waals surface area (Å²) in [5, 5.41) is 4.91. The van der Waals surface area contributed by atoms with Crippen molar-refractivity contribution in [3.05, 3.63) is 36.0 Å². The maximum Gasteiger partial charge on any atom is 0.223 e. The van der Waals surface area contributed by atoms with Crippen LogP contribution in [0.15, 0.2) is 40.6 Å². The van der Waals surface area contributed by atoms with Crippen molar-refractivity contribution < 1.29 is 0 Å². The Bertz CT molecular complexity index is 753. The molecule has 0 bridgehead atoms. The fourth-order valence-electron chi connectivity index (χ4n) is 1.97. The minimum atomic E-state index is 0.661. The molecule has 0 saturated heterocycles. The Morgan fingerprint density at radius 2 is 2.14 bits per heavy atom. The molecule has 6 heteroatoms. The van der Waals surface area contributed by atoms with Gasteiger partial charge < -0.3 is 10.3 Å². The molecule has 0 unspecified atom stereocenters. The first-order chi connectivity index (χ1) is 10.2. The SMILES string of the molecule is CCCNc1nccc(Sc2nc3ccc(C)cc3[nH]2)n1. The number of aromatic nitrogens is 4. The molecule has 0 amide bonds. The average molecular weight is 299 g/mol. The number of H-pyrrole nitrogens is 1. The molecule has 0 aliphatic heterocycles. The van der Waals surface area contributed by atoms with Crippen LogP contribution in [-0.4, -0.2) is 26.5 Å². The molecule has 3 aromatic rings. The lowest BCUT2D eigenvalue weighted by Gasteiger charge is -2.03. The summed E-state index contributed by atoms with van der Waals surface area (Å²) in [6.07, 6.45) is 2.81. The van der Waals surface area contributed by atoms with Crippen LogP contribution in [0.5, 0.6) is 0 Å². The fourth-order valence-corrected chi connectivity index (χ4v) is 2.73. The first-order valence-corrected chi connectivity index (χ1v) is 7.77. The lowest BCUT2D eigenvalue weighted by Crippen LogP contribution is -2.04. The van der Waals surface area contributed by atoms with Crippen LogP contribution in [0, 0.1) is 6.92 Å². The van der Waals surface area contributed by atoms with Gasteiger partial charge in [-0.05, 0) is 48.9 Å². The Morgan fingerprint density at radius 3 is 3.00 bits per heavy atom. The first-order valence-electron chi connectivity index (χ1n) is 6.96. The van der Waals surface area contributed by atoms with Crippen molar-refractivity contribution >= 4 is 28.7 Å². The van der Waals surface area contributed by atoms with Crippen LogP contribution in [0.4, 0.5) is 5.95 Å². The van der Waals surface area contributed by atoms with Crippen LogP contribution in [0.1, 0.15) is 18.9 Å². The van der Waals surface area contributed by atoms with Gasteiger partial charge in [0.05, 0.1) is 11.0 Å². The molecule has 2 heterocycles. The molecule has 0 atom stereocenters. The monoisotopic (exact) mass is 299 g/mol. The van der Waals surface area contributed by atoms with E-state index in [2.05, 4.69) is 51.2 Å². The van der Waals surface area contributed by atoms with Crippen LogP contribution in [-0.2, 0) is 0 Å². The van der Waals surface area contributed by atoms with Gasteiger partial charge in [0.1, 0.15) is 5.03 Å². The number of nitrogens with one attached hydrogen (secondary N) is 2. The number of fused-ring (bicyclic) bond motifs is 1. The third kappa shape index (κ3) is 3.33. The first kappa shape index (κ1) is 13.9. The van der Waals surface area contributed by atoms with Crippen molar-refractivity contribution in [3.63, 3.8) is 0 Å². The number of rotatable bonds is 5. The van der Waals surface area contributed by atoms with Gasteiger partial charge in [0.2, 0.25) is 5.95 Å². The summed E-state index contributed by atoms with van der Waals surface area (Å²) in [5.41, 5.74) is 3.24. The molecule has 3 rings (SSSR count). The largest absolute Gasteiger partial charge is 0.354 e. The smallest absolute Gasteiger partial charge is 0.223 e.